The number of carbonyl (C=O) groups is 2. The molecular weight excluding hydrogens is 306 g/mol. The largest absolute Gasteiger partial charge is 0.493 e. The Labute approximate surface area is 141 Å². The number of anilines is 1. The van der Waals surface area contributed by atoms with Gasteiger partial charge in [-0.15, -0.1) is 0 Å². The van der Waals surface area contributed by atoms with Crippen LogP contribution < -0.4 is 10.1 Å². The maximum absolute atomic E-state index is 12.0. The standard InChI is InChI=1S/C19H21NO4/c1-14-7-3-4-10-17(14)24-12-6-11-18(21)20-16-9-5-8-15(13-16)19(22)23-2/h3-5,7-10,13H,6,11-12H2,1-2H3,(H,20,21). The van der Waals surface area contributed by atoms with Crippen molar-refractivity contribution in [3.63, 3.8) is 0 Å². The molecule has 0 radical (unpaired) electrons. The first-order valence-electron chi connectivity index (χ1n) is 7.77. The maximum Gasteiger partial charge on any atom is 0.337 e. The molecule has 5 heteroatoms. The summed E-state index contributed by atoms with van der Waals surface area (Å²) in [7, 11) is 1.32. The minimum absolute atomic E-state index is 0.120. The van der Waals surface area contributed by atoms with Crippen molar-refractivity contribution in [3.8, 4) is 5.75 Å². The van der Waals surface area contributed by atoms with Crippen molar-refractivity contribution in [2.75, 3.05) is 19.0 Å². The van der Waals surface area contributed by atoms with Crippen molar-refractivity contribution >= 4 is 17.6 Å². The average Bonchev–Trinajstić information content (AvgIpc) is 2.59. The number of para-hydroxylation sites is 1. The van der Waals surface area contributed by atoms with E-state index in [4.69, 9.17) is 4.74 Å². The highest BCUT2D eigenvalue weighted by Gasteiger charge is 2.08. The molecule has 2 aromatic rings. The van der Waals surface area contributed by atoms with E-state index in [2.05, 4.69) is 10.1 Å². The number of aryl methyl sites for hydroxylation is 1. The molecule has 0 unspecified atom stereocenters. The second-order valence-corrected chi connectivity index (χ2v) is 5.34. The molecule has 1 N–H and O–H groups in total. The van der Waals surface area contributed by atoms with Gasteiger partial charge in [0.1, 0.15) is 5.75 Å². The third kappa shape index (κ3) is 5.12. The number of methoxy groups -OCH3 is 1. The Morgan fingerprint density at radius 1 is 1.08 bits per heavy atom. The number of hydrogen-bond acceptors (Lipinski definition) is 4. The van der Waals surface area contributed by atoms with Gasteiger partial charge in [-0.3, -0.25) is 4.79 Å². The van der Waals surface area contributed by atoms with Gasteiger partial charge in [-0.05, 0) is 43.2 Å². The van der Waals surface area contributed by atoms with Crippen LogP contribution in [-0.4, -0.2) is 25.6 Å². The van der Waals surface area contributed by atoms with Crippen molar-refractivity contribution in [1.29, 1.82) is 0 Å². The smallest absolute Gasteiger partial charge is 0.337 e. The molecule has 0 bridgehead atoms. The van der Waals surface area contributed by atoms with E-state index in [1.165, 1.54) is 7.11 Å². The predicted molar refractivity (Wildman–Crippen MR) is 92.3 cm³/mol. The number of amides is 1. The molecule has 24 heavy (non-hydrogen) atoms. The number of ether oxygens (including phenoxy) is 2. The molecule has 126 valence electrons. The second-order valence-electron chi connectivity index (χ2n) is 5.34. The average molecular weight is 327 g/mol. The number of carbonyl (C=O) groups excluding carboxylic acids is 2. The van der Waals surface area contributed by atoms with Gasteiger partial charge in [0.2, 0.25) is 5.91 Å². The van der Waals surface area contributed by atoms with E-state index >= 15 is 0 Å². The minimum atomic E-state index is -0.433. The fourth-order valence-corrected chi connectivity index (χ4v) is 2.20. The second kappa shape index (κ2) is 8.72. The summed E-state index contributed by atoms with van der Waals surface area (Å²) in [4.78, 5) is 23.4. The van der Waals surface area contributed by atoms with E-state index in [-0.39, 0.29) is 5.91 Å². The highest BCUT2D eigenvalue weighted by atomic mass is 16.5. The first kappa shape index (κ1) is 17.5. The van der Waals surface area contributed by atoms with Crippen LogP contribution in [0, 0.1) is 6.92 Å². The van der Waals surface area contributed by atoms with E-state index in [0.29, 0.717) is 30.7 Å². The van der Waals surface area contributed by atoms with E-state index in [1.807, 2.05) is 31.2 Å². The lowest BCUT2D eigenvalue weighted by Gasteiger charge is -2.09. The van der Waals surface area contributed by atoms with Crippen molar-refractivity contribution in [2.45, 2.75) is 19.8 Å². The summed E-state index contributed by atoms with van der Waals surface area (Å²) in [6.07, 6.45) is 0.950. The quantitative estimate of drug-likeness (QED) is 0.623. The zero-order valence-corrected chi connectivity index (χ0v) is 13.9. The van der Waals surface area contributed by atoms with E-state index in [0.717, 1.165) is 11.3 Å². The normalized spacial score (nSPS) is 10.1. The number of hydrogen-bond donors (Lipinski definition) is 1. The van der Waals surface area contributed by atoms with Gasteiger partial charge in [-0.25, -0.2) is 4.79 Å². The topological polar surface area (TPSA) is 64.6 Å². The molecule has 0 heterocycles. The summed E-state index contributed by atoms with van der Waals surface area (Å²) in [5.74, 6) is 0.284. The molecule has 1 amide bonds. The summed E-state index contributed by atoms with van der Waals surface area (Å²) in [5.41, 5.74) is 2.04. The van der Waals surface area contributed by atoms with Gasteiger partial charge in [-0.1, -0.05) is 24.3 Å². The molecule has 0 aliphatic heterocycles. The van der Waals surface area contributed by atoms with Crippen molar-refractivity contribution in [3.05, 3.63) is 59.7 Å². The van der Waals surface area contributed by atoms with Crippen molar-refractivity contribution in [1.82, 2.24) is 0 Å². The number of esters is 1. The van der Waals surface area contributed by atoms with E-state index in [9.17, 15) is 9.59 Å². The Hall–Kier alpha value is -2.82. The summed E-state index contributed by atoms with van der Waals surface area (Å²) in [6.45, 7) is 2.46. The van der Waals surface area contributed by atoms with Gasteiger partial charge in [0, 0.05) is 12.1 Å². The van der Waals surface area contributed by atoms with Crippen molar-refractivity contribution in [2.24, 2.45) is 0 Å². The van der Waals surface area contributed by atoms with Gasteiger partial charge >= 0.3 is 5.97 Å². The fourth-order valence-electron chi connectivity index (χ4n) is 2.20. The van der Waals surface area contributed by atoms with E-state index in [1.54, 1.807) is 24.3 Å². The van der Waals surface area contributed by atoms with Crippen LogP contribution in [0.25, 0.3) is 0 Å². The van der Waals surface area contributed by atoms with E-state index < -0.39 is 5.97 Å². The molecule has 0 saturated heterocycles. The van der Waals surface area contributed by atoms with Crippen LogP contribution in [0.15, 0.2) is 48.5 Å². The summed E-state index contributed by atoms with van der Waals surface area (Å²) >= 11 is 0. The lowest BCUT2D eigenvalue weighted by atomic mass is 10.2. The first-order valence-corrected chi connectivity index (χ1v) is 7.77. The minimum Gasteiger partial charge on any atom is -0.493 e. The van der Waals surface area contributed by atoms with Crippen LogP contribution in [0.4, 0.5) is 5.69 Å². The number of nitrogens with one attached hydrogen (secondary N) is 1. The fraction of sp³-hybridized carbons (Fsp3) is 0.263. The SMILES string of the molecule is COC(=O)c1cccc(NC(=O)CCCOc2ccccc2C)c1. The van der Waals surface area contributed by atoms with Crippen molar-refractivity contribution < 1.29 is 19.1 Å². The predicted octanol–water partition coefficient (Wildman–Crippen LogP) is 3.58. The molecule has 0 aromatic heterocycles. The van der Waals surface area contributed by atoms with Crippen LogP contribution in [0.5, 0.6) is 5.75 Å². The van der Waals surface area contributed by atoms with Gasteiger partial charge in [-0.2, -0.15) is 0 Å². The summed E-state index contributed by atoms with van der Waals surface area (Å²) in [6, 6.07) is 14.4. The molecule has 2 rings (SSSR count). The van der Waals surface area contributed by atoms with Crippen LogP contribution in [0.3, 0.4) is 0 Å². The first-order chi connectivity index (χ1) is 11.6. The molecule has 0 aliphatic rings. The Kier molecular flexibility index (Phi) is 6.37. The zero-order valence-electron chi connectivity index (χ0n) is 13.9. The Morgan fingerprint density at radius 3 is 2.62 bits per heavy atom. The van der Waals surface area contributed by atoms with Gasteiger partial charge in [0.15, 0.2) is 0 Å². The molecule has 0 saturated carbocycles. The molecule has 5 nitrogen and oxygen atoms in total. The monoisotopic (exact) mass is 327 g/mol. The lowest BCUT2D eigenvalue weighted by molar-refractivity contribution is -0.116. The zero-order chi connectivity index (χ0) is 17.4. The molecule has 0 fully saturated rings. The van der Waals surface area contributed by atoms with Gasteiger partial charge in [0.25, 0.3) is 0 Å². The Bertz CT molecular complexity index is 712. The van der Waals surface area contributed by atoms with Crippen LogP contribution in [0.1, 0.15) is 28.8 Å². The van der Waals surface area contributed by atoms with Gasteiger partial charge in [0.05, 0.1) is 19.3 Å². The Balaban J connectivity index is 1.77. The molecular formula is C19H21NO4. The molecule has 0 aliphatic carbocycles. The molecule has 2 aromatic carbocycles. The third-order valence-corrected chi connectivity index (χ3v) is 3.47. The molecule has 0 atom stereocenters. The third-order valence-electron chi connectivity index (χ3n) is 3.47. The van der Waals surface area contributed by atoms with Crippen LogP contribution in [-0.2, 0) is 9.53 Å². The highest BCUT2D eigenvalue weighted by molar-refractivity contribution is 5.94. The van der Waals surface area contributed by atoms with Crippen LogP contribution in [0.2, 0.25) is 0 Å². The summed E-state index contributed by atoms with van der Waals surface area (Å²) < 4.78 is 10.3. The maximum atomic E-state index is 12.0. The van der Waals surface area contributed by atoms with Gasteiger partial charge < -0.3 is 14.8 Å². The number of benzene rings is 2. The summed E-state index contributed by atoms with van der Waals surface area (Å²) in [5, 5.41) is 2.77. The Morgan fingerprint density at radius 2 is 1.88 bits per heavy atom. The number of rotatable bonds is 7. The van der Waals surface area contributed by atoms with Crippen LogP contribution >= 0.6 is 0 Å². The lowest BCUT2D eigenvalue weighted by Crippen LogP contribution is -2.13. The highest BCUT2D eigenvalue weighted by Crippen LogP contribution is 2.16. The molecule has 0 spiro atoms.